The van der Waals surface area contributed by atoms with E-state index in [2.05, 4.69) is 32.5 Å². The van der Waals surface area contributed by atoms with Gasteiger partial charge in [-0.15, -0.1) is 0 Å². The number of hydrogen-bond acceptors (Lipinski definition) is 9. The van der Waals surface area contributed by atoms with Crippen molar-refractivity contribution in [3.8, 4) is 0 Å². The average molecular weight is 644 g/mol. The molecule has 0 unspecified atom stereocenters. The quantitative estimate of drug-likeness (QED) is 0.183. The van der Waals surface area contributed by atoms with Crippen LogP contribution in [0, 0.1) is 17.0 Å². The fraction of sp³-hybridized carbons (Fsp3) is 0.387. The van der Waals surface area contributed by atoms with E-state index in [4.69, 9.17) is 15.9 Å². The standard InChI is InChI=1S/C31H39F2N7O4S/c1-39-7-9-40(10-8-39)24-3-4-26(28(16-24)37-23-5-11-44-12-6-23)31(41)38-30(35)27-17-25(18-36-29(27)34)45(2,42,43)19-20-13-21(32)15-22(33)14-20/h3-4,13-18,23,37H,5-12,19H2,1-2H3,(H2,34,36)(H,42,43)(H2,35,38,41). The van der Waals surface area contributed by atoms with Crippen molar-refractivity contribution in [1.82, 2.24) is 15.2 Å². The van der Waals surface area contributed by atoms with Crippen molar-refractivity contribution in [2.24, 2.45) is 0 Å². The van der Waals surface area contributed by atoms with Gasteiger partial charge in [0, 0.05) is 69.1 Å². The van der Waals surface area contributed by atoms with Gasteiger partial charge in [-0.3, -0.25) is 14.8 Å². The minimum absolute atomic E-state index is 0.0270. The Morgan fingerprint density at radius 2 is 1.76 bits per heavy atom. The molecule has 14 heteroatoms. The number of halogens is 2. The van der Waals surface area contributed by atoms with Gasteiger partial charge in [0.15, 0.2) is 0 Å². The van der Waals surface area contributed by atoms with E-state index in [0.717, 1.165) is 69.3 Å². The van der Waals surface area contributed by atoms with Gasteiger partial charge in [-0.1, -0.05) is 0 Å². The van der Waals surface area contributed by atoms with Crippen molar-refractivity contribution in [3.05, 3.63) is 77.0 Å². The Labute approximate surface area is 260 Å². The maximum absolute atomic E-state index is 13.8. The molecule has 2 aliphatic heterocycles. The molecule has 1 amide bonds. The number of carbonyl (C=O) groups is 1. The van der Waals surface area contributed by atoms with Crippen LogP contribution in [-0.2, 0) is 19.8 Å². The lowest BCUT2D eigenvalue weighted by molar-refractivity contribution is 0.0904. The number of amides is 1. The molecule has 242 valence electrons. The molecule has 3 aromatic rings. The zero-order valence-electron chi connectivity index (χ0n) is 25.3. The molecule has 3 heterocycles. The van der Waals surface area contributed by atoms with Crippen LogP contribution in [0.4, 0.5) is 26.0 Å². The van der Waals surface area contributed by atoms with Crippen LogP contribution in [0.15, 0.2) is 53.6 Å². The lowest BCUT2D eigenvalue weighted by atomic mass is 10.1. The molecular formula is C31H39F2N7O4S. The Hall–Kier alpha value is -3.98. The number of hydrogen-bond donors (Lipinski definition) is 5. The van der Waals surface area contributed by atoms with Crippen LogP contribution in [0.5, 0.6) is 0 Å². The molecule has 6 N–H and O–H groups in total. The van der Waals surface area contributed by atoms with E-state index in [-0.39, 0.29) is 27.9 Å². The van der Waals surface area contributed by atoms with Gasteiger partial charge in [0.05, 0.1) is 28.0 Å². The number of nitrogen functional groups attached to an aromatic ring is 1. The molecular weight excluding hydrogens is 604 g/mol. The highest BCUT2D eigenvalue weighted by atomic mass is 32.3. The van der Waals surface area contributed by atoms with Crippen molar-refractivity contribution in [2.45, 2.75) is 29.5 Å². The van der Waals surface area contributed by atoms with Crippen molar-refractivity contribution in [2.75, 3.05) is 68.6 Å². The van der Waals surface area contributed by atoms with Crippen LogP contribution in [-0.4, -0.2) is 89.1 Å². The van der Waals surface area contributed by atoms with Crippen LogP contribution < -0.4 is 21.3 Å². The van der Waals surface area contributed by atoms with Gasteiger partial charge in [-0.05, 0) is 61.9 Å². The normalized spacial score (nSPS) is 17.4. The molecule has 0 spiro atoms. The van der Waals surface area contributed by atoms with Gasteiger partial charge in [-0.25, -0.2) is 18.0 Å². The first-order valence-corrected chi connectivity index (χ1v) is 17.2. The number of anilines is 3. The number of nitrogens with two attached hydrogens (primary N) is 1. The second-order valence-corrected chi connectivity index (χ2v) is 15.6. The van der Waals surface area contributed by atoms with E-state index >= 15 is 0 Å². The van der Waals surface area contributed by atoms with Crippen molar-refractivity contribution < 1.29 is 27.1 Å². The molecule has 1 aromatic heterocycles. The summed E-state index contributed by atoms with van der Waals surface area (Å²) >= 11 is 0. The number of aromatic nitrogens is 1. The Bertz CT molecular complexity index is 1650. The Kier molecular flexibility index (Phi) is 9.21. The first-order valence-electron chi connectivity index (χ1n) is 14.7. The first kappa shape index (κ1) is 32.4. The van der Waals surface area contributed by atoms with E-state index in [1.807, 2.05) is 12.1 Å². The number of amidine groups is 1. The number of benzene rings is 2. The first-order chi connectivity index (χ1) is 21.3. The lowest BCUT2D eigenvalue weighted by Gasteiger charge is -2.39. The van der Waals surface area contributed by atoms with Crippen LogP contribution >= 0.6 is 0 Å². The summed E-state index contributed by atoms with van der Waals surface area (Å²) in [6, 6.07) is 9.49. The highest BCUT2D eigenvalue weighted by Gasteiger charge is 2.29. The number of pyridine rings is 1. The number of likely N-dealkylation sites (N-methyl/N-ethyl adjacent to an activating group) is 1. The molecule has 2 fully saturated rings. The summed E-state index contributed by atoms with van der Waals surface area (Å²) in [4.78, 5) is 21.9. The summed E-state index contributed by atoms with van der Waals surface area (Å²) in [5.74, 6) is -3.50. The average Bonchev–Trinajstić information content (AvgIpc) is 2.97. The van der Waals surface area contributed by atoms with E-state index in [0.29, 0.717) is 30.5 Å². The molecule has 0 aliphatic carbocycles. The zero-order chi connectivity index (χ0) is 32.4. The van der Waals surface area contributed by atoms with Gasteiger partial charge in [-0.2, -0.15) is 9.35 Å². The largest absolute Gasteiger partial charge is 0.383 e. The van der Waals surface area contributed by atoms with Gasteiger partial charge < -0.3 is 30.9 Å². The SMILES string of the molecule is CN1CCN(c2ccc(C(=O)NC(=N)c3cc(S(C)(=O)(O)Cc4cc(F)cc(F)c4)cnc3N)c(NC3CCOCC3)c2)CC1. The topological polar surface area (TPSA) is 157 Å². The van der Waals surface area contributed by atoms with Gasteiger partial charge in [0.25, 0.3) is 5.91 Å². The number of carbonyl (C=O) groups excluding carboxylic acids is 1. The Morgan fingerprint density at radius 1 is 1.09 bits per heavy atom. The highest BCUT2D eigenvalue weighted by molar-refractivity contribution is 8.13. The Balaban J connectivity index is 1.39. The monoisotopic (exact) mass is 643 g/mol. The molecule has 0 atom stereocenters. The molecule has 11 nitrogen and oxygen atoms in total. The predicted octanol–water partition coefficient (Wildman–Crippen LogP) is 3.52. The third-order valence-corrected chi connectivity index (χ3v) is 10.6. The number of piperazine rings is 1. The van der Waals surface area contributed by atoms with E-state index in [1.165, 1.54) is 6.07 Å². The Morgan fingerprint density at radius 3 is 2.42 bits per heavy atom. The number of rotatable bonds is 8. The minimum Gasteiger partial charge on any atom is -0.383 e. The summed E-state index contributed by atoms with van der Waals surface area (Å²) in [5.41, 5.74) is 7.86. The molecule has 0 radical (unpaired) electrons. The number of nitrogens with zero attached hydrogens (tertiary/aromatic N) is 3. The van der Waals surface area contributed by atoms with E-state index in [9.17, 15) is 22.3 Å². The van der Waals surface area contributed by atoms with Crippen molar-refractivity contribution in [3.63, 3.8) is 0 Å². The second-order valence-electron chi connectivity index (χ2n) is 11.9. The lowest BCUT2D eigenvalue weighted by Crippen LogP contribution is -2.44. The van der Waals surface area contributed by atoms with Gasteiger partial charge >= 0.3 is 0 Å². The van der Waals surface area contributed by atoms with E-state index in [1.54, 1.807) is 6.07 Å². The summed E-state index contributed by atoms with van der Waals surface area (Å²) in [6.45, 7) is 4.79. The smallest absolute Gasteiger partial charge is 0.258 e. The maximum atomic E-state index is 13.8. The summed E-state index contributed by atoms with van der Waals surface area (Å²) in [6.07, 6.45) is 3.71. The minimum atomic E-state index is -4.77. The van der Waals surface area contributed by atoms with Crippen LogP contribution in [0.25, 0.3) is 0 Å². The molecule has 5 rings (SSSR count). The highest BCUT2D eigenvalue weighted by Crippen LogP contribution is 2.35. The molecule has 45 heavy (non-hydrogen) atoms. The van der Waals surface area contributed by atoms with Crippen LogP contribution in [0.3, 0.4) is 0 Å². The van der Waals surface area contributed by atoms with E-state index < -0.39 is 38.5 Å². The van der Waals surface area contributed by atoms with Crippen molar-refractivity contribution >= 4 is 38.3 Å². The fourth-order valence-corrected chi connectivity index (χ4v) is 7.39. The second kappa shape index (κ2) is 12.8. The molecule has 0 bridgehead atoms. The molecule has 2 aromatic carbocycles. The molecule has 2 saturated heterocycles. The van der Waals surface area contributed by atoms with Gasteiger partial charge in [0.1, 0.15) is 23.3 Å². The van der Waals surface area contributed by atoms with Crippen molar-refractivity contribution in [1.29, 1.82) is 5.41 Å². The zero-order valence-corrected chi connectivity index (χ0v) is 26.1. The summed E-state index contributed by atoms with van der Waals surface area (Å²) in [5, 5.41) is 14.7. The fourth-order valence-electron chi connectivity index (χ4n) is 5.53. The third kappa shape index (κ3) is 7.82. The van der Waals surface area contributed by atoms with Crippen LogP contribution in [0.2, 0.25) is 0 Å². The van der Waals surface area contributed by atoms with Gasteiger partial charge in [0.2, 0.25) is 0 Å². The molecule has 0 saturated carbocycles. The maximum Gasteiger partial charge on any atom is 0.258 e. The predicted molar refractivity (Wildman–Crippen MR) is 172 cm³/mol. The number of ether oxygens (including phenoxy) is 1. The molecule has 2 aliphatic rings. The summed E-state index contributed by atoms with van der Waals surface area (Å²) in [7, 11) is -2.68. The number of nitrogens with one attached hydrogen (secondary N) is 3. The third-order valence-electron chi connectivity index (χ3n) is 8.13. The van der Waals surface area contributed by atoms with Crippen LogP contribution in [0.1, 0.15) is 34.3 Å². The summed E-state index contributed by atoms with van der Waals surface area (Å²) < 4.78 is 58.1.